The number of rotatable bonds is 7. The van der Waals surface area contributed by atoms with Gasteiger partial charge in [0.1, 0.15) is 11.6 Å². The van der Waals surface area contributed by atoms with Crippen LogP contribution in [0.3, 0.4) is 0 Å². The minimum atomic E-state index is -4.88. The van der Waals surface area contributed by atoms with Crippen molar-refractivity contribution in [3.8, 4) is 17.0 Å². The number of nitrogens with zero attached hydrogens (tertiary/aromatic N) is 2. The number of aromatic nitrogens is 2. The first-order valence-corrected chi connectivity index (χ1v) is 10.4. The van der Waals surface area contributed by atoms with Crippen molar-refractivity contribution in [2.75, 3.05) is 17.2 Å². The normalized spacial score (nSPS) is 12.9. The average molecular weight is 551 g/mol. The molecule has 0 unspecified atom stereocenters. The minimum absolute atomic E-state index is 0.0340. The summed E-state index contributed by atoms with van der Waals surface area (Å²) in [5, 5.41) is 15.0. The molecule has 13 heteroatoms. The van der Waals surface area contributed by atoms with Crippen molar-refractivity contribution in [1.29, 1.82) is 0 Å². The van der Waals surface area contributed by atoms with Gasteiger partial charge >= 0.3 is 12.5 Å². The number of nitrogens with one attached hydrogen (secondary N) is 2. The molecule has 3 rings (SSSR count). The van der Waals surface area contributed by atoms with E-state index in [0.29, 0.717) is 0 Å². The topological polar surface area (TPSA) is 79.3 Å². The van der Waals surface area contributed by atoms with Crippen molar-refractivity contribution in [1.82, 2.24) is 9.97 Å². The zero-order chi connectivity index (χ0) is 25.1. The molecule has 0 aliphatic heterocycles. The molecule has 1 atom stereocenters. The maximum atomic E-state index is 12.9. The zero-order valence-corrected chi connectivity index (χ0v) is 18.9. The van der Waals surface area contributed by atoms with E-state index in [1.165, 1.54) is 24.3 Å². The molecule has 0 radical (unpaired) electrons. The van der Waals surface area contributed by atoms with Gasteiger partial charge in [0.2, 0.25) is 5.95 Å². The third kappa shape index (κ3) is 6.97. The van der Waals surface area contributed by atoms with Gasteiger partial charge in [-0.2, -0.15) is 18.2 Å². The predicted octanol–water partition coefficient (Wildman–Crippen LogP) is 6.36. The molecule has 1 heterocycles. The molecule has 34 heavy (non-hydrogen) atoms. The Balaban J connectivity index is 2.00. The smallest absolute Gasteiger partial charge is 0.406 e. The maximum absolute atomic E-state index is 12.9. The summed E-state index contributed by atoms with van der Waals surface area (Å²) in [6.07, 6.45) is -9.40. The first-order chi connectivity index (χ1) is 15.8. The highest BCUT2D eigenvalue weighted by Crippen LogP contribution is 2.35. The summed E-state index contributed by atoms with van der Waals surface area (Å²) in [5.41, 5.74) is -0.138. The van der Waals surface area contributed by atoms with Gasteiger partial charge in [-0.05, 0) is 53.2 Å². The summed E-state index contributed by atoms with van der Waals surface area (Å²) in [6, 6.07) is 9.05. The Bertz CT molecular complexity index is 1160. The summed E-state index contributed by atoms with van der Waals surface area (Å²) in [6.45, 7) is 1.39. The number of aliphatic hydroxyl groups is 1. The van der Waals surface area contributed by atoms with Gasteiger partial charge in [0.15, 0.2) is 0 Å². The quantitative estimate of drug-likeness (QED) is 0.297. The van der Waals surface area contributed by atoms with E-state index in [2.05, 4.69) is 41.3 Å². The number of ether oxygens (including phenoxy) is 1. The highest BCUT2D eigenvalue weighted by molar-refractivity contribution is 9.10. The van der Waals surface area contributed by atoms with Crippen molar-refractivity contribution in [2.24, 2.45) is 0 Å². The van der Waals surface area contributed by atoms with Crippen molar-refractivity contribution >= 4 is 33.4 Å². The molecule has 6 nitrogen and oxygen atoms in total. The SMILES string of the molecule is C[C@H](CO)Nc1nc(Nc2ccc(C(F)(F)F)cc2Br)cc(-c2cccc(OC(F)(F)F)c2)n1. The van der Waals surface area contributed by atoms with E-state index < -0.39 is 29.9 Å². The van der Waals surface area contributed by atoms with E-state index in [1.807, 2.05) is 0 Å². The van der Waals surface area contributed by atoms with Crippen LogP contribution in [0, 0.1) is 0 Å². The first kappa shape index (κ1) is 25.6. The van der Waals surface area contributed by atoms with Crippen molar-refractivity contribution < 1.29 is 36.2 Å². The van der Waals surface area contributed by atoms with Crippen molar-refractivity contribution in [2.45, 2.75) is 25.5 Å². The summed E-state index contributed by atoms with van der Waals surface area (Å²) in [7, 11) is 0. The van der Waals surface area contributed by atoms with Crippen LogP contribution in [0.25, 0.3) is 11.3 Å². The van der Waals surface area contributed by atoms with E-state index in [4.69, 9.17) is 0 Å². The van der Waals surface area contributed by atoms with Crippen LogP contribution < -0.4 is 15.4 Å². The molecule has 3 N–H and O–H groups in total. The molecule has 0 aliphatic rings. The Kier molecular flexibility index (Phi) is 7.56. The minimum Gasteiger partial charge on any atom is -0.406 e. The van der Waals surface area contributed by atoms with E-state index in [-0.39, 0.29) is 39.8 Å². The molecule has 3 aromatic rings. The van der Waals surface area contributed by atoms with Gasteiger partial charge in [-0.25, -0.2) is 4.98 Å². The predicted molar refractivity (Wildman–Crippen MR) is 117 cm³/mol. The Labute approximate surface area is 198 Å². The average Bonchev–Trinajstić information content (AvgIpc) is 2.73. The lowest BCUT2D eigenvalue weighted by atomic mass is 10.1. The largest absolute Gasteiger partial charge is 0.573 e. The first-order valence-electron chi connectivity index (χ1n) is 9.60. The molecule has 0 fully saturated rings. The fourth-order valence-corrected chi connectivity index (χ4v) is 3.25. The summed E-state index contributed by atoms with van der Waals surface area (Å²) >= 11 is 3.09. The summed E-state index contributed by atoms with van der Waals surface area (Å²) < 4.78 is 80.7. The fraction of sp³-hybridized carbons (Fsp3) is 0.238. The number of alkyl halides is 6. The molecule has 1 aromatic heterocycles. The summed E-state index contributed by atoms with van der Waals surface area (Å²) in [5.74, 6) is -0.284. The van der Waals surface area contributed by atoms with Crippen molar-refractivity contribution in [3.05, 3.63) is 58.6 Å². The third-order valence-electron chi connectivity index (χ3n) is 4.30. The lowest BCUT2D eigenvalue weighted by Gasteiger charge is -2.16. The van der Waals surface area contributed by atoms with Crippen LogP contribution >= 0.6 is 15.9 Å². The second-order valence-corrected chi connectivity index (χ2v) is 7.94. The molecule has 0 spiro atoms. The Morgan fingerprint density at radius 2 is 1.76 bits per heavy atom. The van der Waals surface area contributed by atoms with Gasteiger partial charge in [0.05, 0.1) is 23.6 Å². The van der Waals surface area contributed by atoms with E-state index in [0.717, 1.165) is 24.3 Å². The Hall–Kier alpha value is -3.06. The van der Waals surface area contributed by atoms with E-state index in [9.17, 15) is 31.4 Å². The van der Waals surface area contributed by atoms with Gasteiger partial charge in [-0.15, -0.1) is 13.2 Å². The number of aliphatic hydroxyl groups excluding tert-OH is 1. The molecular weight excluding hydrogens is 534 g/mol. The van der Waals surface area contributed by atoms with E-state index >= 15 is 0 Å². The van der Waals surface area contributed by atoms with Crippen LogP contribution in [0.1, 0.15) is 12.5 Å². The van der Waals surface area contributed by atoms with Crippen molar-refractivity contribution in [3.63, 3.8) is 0 Å². The highest BCUT2D eigenvalue weighted by atomic mass is 79.9. The highest BCUT2D eigenvalue weighted by Gasteiger charge is 2.32. The standard InChI is InChI=1S/C21H17BrF6N4O2/c1-11(10-33)29-19-31-17(12-3-2-4-14(7-12)34-21(26,27)28)9-18(32-19)30-16-6-5-13(8-15(16)22)20(23,24)25/h2-9,11,33H,10H2,1H3,(H2,29,30,31,32)/t11-/m1/s1. The molecule has 2 aromatic carbocycles. The van der Waals surface area contributed by atoms with Crippen LogP contribution in [-0.2, 0) is 6.18 Å². The molecule has 0 saturated carbocycles. The number of anilines is 3. The van der Waals surface area contributed by atoms with Crippen LogP contribution in [0.4, 0.5) is 43.8 Å². The van der Waals surface area contributed by atoms with E-state index in [1.54, 1.807) is 6.92 Å². The van der Waals surface area contributed by atoms with Crippen LogP contribution in [0.15, 0.2) is 53.0 Å². The monoisotopic (exact) mass is 550 g/mol. The molecule has 182 valence electrons. The van der Waals surface area contributed by atoms with Gasteiger partial charge in [0, 0.05) is 22.1 Å². The van der Waals surface area contributed by atoms with Gasteiger partial charge in [-0.1, -0.05) is 12.1 Å². The molecule has 0 aliphatic carbocycles. The molecule has 0 saturated heterocycles. The second kappa shape index (κ2) is 10.1. The van der Waals surface area contributed by atoms with Gasteiger partial charge in [-0.3, -0.25) is 0 Å². The lowest BCUT2D eigenvalue weighted by molar-refractivity contribution is -0.274. The molecule has 0 amide bonds. The Morgan fingerprint density at radius 3 is 2.38 bits per heavy atom. The zero-order valence-electron chi connectivity index (χ0n) is 17.3. The number of hydrogen-bond donors (Lipinski definition) is 3. The number of benzene rings is 2. The van der Waals surface area contributed by atoms with Gasteiger partial charge < -0.3 is 20.5 Å². The third-order valence-corrected chi connectivity index (χ3v) is 4.95. The van der Waals surface area contributed by atoms with Crippen LogP contribution in [0.5, 0.6) is 5.75 Å². The maximum Gasteiger partial charge on any atom is 0.573 e. The van der Waals surface area contributed by atoms with Crippen LogP contribution in [-0.4, -0.2) is 34.1 Å². The molecule has 0 bridgehead atoms. The fourth-order valence-electron chi connectivity index (χ4n) is 2.77. The Morgan fingerprint density at radius 1 is 1.03 bits per heavy atom. The number of halogens is 7. The lowest BCUT2D eigenvalue weighted by Crippen LogP contribution is -2.21. The van der Waals surface area contributed by atoms with Crippen LogP contribution in [0.2, 0.25) is 0 Å². The molecular formula is C21H17BrF6N4O2. The number of hydrogen-bond acceptors (Lipinski definition) is 6. The van der Waals surface area contributed by atoms with Gasteiger partial charge in [0.25, 0.3) is 0 Å². The summed E-state index contributed by atoms with van der Waals surface area (Å²) in [4.78, 5) is 8.51. The second-order valence-electron chi connectivity index (χ2n) is 7.08.